The van der Waals surface area contributed by atoms with E-state index in [1.807, 2.05) is 18.2 Å². The molecule has 0 bridgehead atoms. The van der Waals surface area contributed by atoms with E-state index in [-0.39, 0.29) is 6.04 Å². The highest BCUT2D eigenvalue weighted by Gasteiger charge is 2.16. The van der Waals surface area contributed by atoms with Crippen molar-refractivity contribution in [2.75, 3.05) is 0 Å². The van der Waals surface area contributed by atoms with Crippen molar-refractivity contribution in [1.29, 1.82) is 0 Å². The average molecular weight is 252 g/mol. The van der Waals surface area contributed by atoms with Gasteiger partial charge in [-0.05, 0) is 36.8 Å². The Morgan fingerprint density at radius 2 is 1.94 bits per heavy atom. The van der Waals surface area contributed by atoms with Crippen LogP contribution in [0.3, 0.4) is 0 Å². The first kappa shape index (κ1) is 12.9. The van der Waals surface area contributed by atoms with Gasteiger partial charge >= 0.3 is 0 Å². The summed E-state index contributed by atoms with van der Waals surface area (Å²) < 4.78 is 0. The zero-order valence-corrected chi connectivity index (χ0v) is 11.1. The fraction of sp³-hybridized carbons (Fsp3) is 0.600. The Balaban J connectivity index is 1.76. The predicted octanol–water partition coefficient (Wildman–Crippen LogP) is 4.18. The third kappa shape index (κ3) is 4.01. The van der Waals surface area contributed by atoms with Gasteiger partial charge in [-0.15, -0.1) is 0 Å². The summed E-state index contributed by atoms with van der Waals surface area (Å²) in [5.74, 6) is 0.937. The smallest absolute Gasteiger partial charge is 0.0438 e. The van der Waals surface area contributed by atoms with Gasteiger partial charge in [0.15, 0.2) is 0 Å². The van der Waals surface area contributed by atoms with E-state index in [9.17, 15) is 0 Å². The Bertz CT molecular complexity index is 345. The quantitative estimate of drug-likeness (QED) is 0.835. The summed E-state index contributed by atoms with van der Waals surface area (Å²) in [7, 11) is 0. The minimum Gasteiger partial charge on any atom is -0.327 e. The van der Waals surface area contributed by atoms with E-state index < -0.39 is 0 Å². The molecule has 0 amide bonds. The maximum Gasteiger partial charge on any atom is 0.0438 e. The summed E-state index contributed by atoms with van der Waals surface area (Å²) in [6.07, 6.45) is 9.01. The average Bonchev–Trinajstić information content (AvgIpc) is 2.82. The second-order valence-electron chi connectivity index (χ2n) is 5.28. The molecule has 1 nitrogen and oxygen atoms in total. The molecule has 0 aliphatic heterocycles. The van der Waals surface area contributed by atoms with Crippen LogP contribution >= 0.6 is 11.6 Å². The van der Waals surface area contributed by atoms with Crippen molar-refractivity contribution in [3.8, 4) is 0 Å². The Hall–Kier alpha value is -0.530. The number of hydrogen-bond donors (Lipinski definition) is 1. The molecule has 0 heterocycles. The van der Waals surface area contributed by atoms with E-state index in [0.29, 0.717) is 0 Å². The highest BCUT2D eigenvalue weighted by molar-refractivity contribution is 6.31. The summed E-state index contributed by atoms with van der Waals surface area (Å²) in [5, 5.41) is 0.851. The van der Waals surface area contributed by atoms with E-state index in [2.05, 4.69) is 6.07 Å². The highest BCUT2D eigenvalue weighted by Crippen LogP contribution is 2.29. The summed E-state index contributed by atoms with van der Waals surface area (Å²) >= 11 is 6.14. The van der Waals surface area contributed by atoms with Crippen LogP contribution in [0.5, 0.6) is 0 Å². The summed E-state index contributed by atoms with van der Waals surface area (Å²) in [5.41, 5.74) is 7.38. The molecule has 2 rings (SSSR count). The molecule has 1 unspecified atom stereocenters. The Morgan fingerprint density at radius 3 is 2.65 bits per heavy atom. The van der Waals surface area contributed by atoms with Crippen molar-refractivity contribution in [3.05, 3.63) is 34.9 Å². The lowest BCUT2D eigenvalue weighted by Gasteiger charge is -2.15. The van der Waals surface area contributed by atoms with Crippen LogP contribution in [-0.2, 0) is 6.42 Å². The van der Waals surface area contributed by atoms with E-state index in [4.69, 9.17) is 17.3 Å². The third-order valence-electron chi connectivity index (χ3n) is 3.86. The first-order chi connectivity index (χ1) is 8.25. The fourth-order valence-corrected chi connectivity index (χ4v) is 3.01. The van der Waals surface area contributed by atoms with Gasteiger partial charge in [-0.3, -0.25) is 0 Å². The first-order valence-corrected chi connectivity index (χ1v) is 7.12. The molecule has 1 atom stereocenters. The van der Waals surface area contributed by atoms with Gasteiger partial charge in [0, 0.05) is 11.1 Å². The van der Waals surface area contributed by atoms with Crippen LogP contribution in [0, 0.1) is 5.92 Å². The van der Waals surface area contributed by atoms with Crippen molar-refractivity contribution in [2.24, 2.45) is 11.7 Å². The Labute approximate surface area is 109 Å². The second-order valence-corrected chi connectivity index (χ2v) is 5.69. The molecule has 0 spiro atoms. The van der Waals surface area contributed by atoms with Crippen LogP contribution in [0.4, 0.5) is 0 Å². The summed E-state index contributed by atoms with van der Waals surface area (Å²) in [6.45, 7) is 0. The molecule has 1 aromatic rings. The van der Waals surface area contributed by atoms with Crippen LogP contribution in [0.1, 0.15) is 44.1 Å². The van der Waals surface area contributed by atoms with E-state index in [1.54, 1.807) is 0 Å². The maximum atomic E-state index is 6.19. The van der Waals surface area contributed by atoms with Gasteiger partial charge in [-0.2, -0.15) is 0 Å². The molecular weight excluding hydrogens is 230 g/mol. The van der Waals surface area contributed by atoms with Crippen LogP contribution < -0.4 is 5.73 Å². The van der Waals surface area contributed by atoms with E-state index in [0.717, 1.165) is 23.8 Å². The Kier molecular flexibility index (Phi) is 4.87. The number of halogens is 1. The molecule has 1 saturated carbocycles. The van der Waals surface area contributed by atoms with Crippen molar-refractivity contribution in [3.63, 3.8) is 0 Å². The van der Waals surface area contributed by atoms with Crippen LogP contribution in [0.25, 0.3) is 0 Å². The van der Waals surface area contributed by atoms with Crippen molar-refractivity contribution < 1.29 is 0 Å². The molecule has 0 radical (unpaired) electrons. The van der Waals surface area contributed by atoms with Crippen molar-refractivity contribution in [2.45, 2.75) is 51.0 Å². The lowest BCUT2D eigenvalue weighted by atomic mass is 9.95. The monoisotopic (exact) mass is 251 g/mol. The van der Waals surface area contributed by atoms with Gasteiger partial charge < -0.3 is 5.73 Å². The lowest BCUT2D eigenvalue weighted by Crippen LogP contribution is -2.23. The van der Waals surface area contributed by atoms with E-state index >= 15 is 0 Å². The minimum atomic E-state index is 0.260. The molecule has 0 aromatic heterocycles. The molecule has 2 N–H and O–H groups in total. The molecule has 1 aliphatic rings. The van der Waals surface area contributed by atoms with Gasteiger partial charge in [0.1, 0.15) is 0 Å². The van der Waals surface area contributed by atoms with Gasteiger partial charge in [-0.1, -0.05) is 55.5 Å². The zero-order chi connectivity index (χ0) is 12.1. The number of nitrogens with two attached hydrogens (primary N) is 1. The molecular formula is C15H22ClN. The van der Waals surface area contributed by atoms with Crippen molar-refractivity contribution in [1.82, 2.24) is 0 Å². The van der Waals surface area contributed by atoms with Gasteiger partial charge in [0.25, 0.3) is 0 Å². The SMILES string of the molecule is NC(CCC1CCCC1)Cc1ccccc1Cl. The predicted molar refractivity (Wildman–Crippen MR) is 74.3 cm³/mol. The minimum absolute atomic E-state index is 0.260. The normalized spacial score (nSPS) is 18.5. The molecule has 1 aromatic carbocycles. The molecule has 1 fully saturated rings. The molecule has 2 heteroatoms. The highest BCUT2D eigenvalue weighted by atomic mass is 35.5. The van der Waals surface area contributed by atoms with Crippen molar-refractivity contribution >= 4 is 11.6 Å². The molecule has 1 aliphatic carbocycles. The van der Waals surface area contributed by atoms with Crippen LogP contribution in [0.15, 0.2) is 24.3 Å². The Morgan fingerprint density at radius 1 is 1.24 bits per heavy atom. The molecule has 0 saturated heterocycles. The van der Waals surface area contributed by atoms with Gasteiger partial charge in [-0.25, -0.2) is 0 Å². The van der Waals surface area contributed by atoms with Gasteiger partial charge in [0.2, 0.25) is 0 Å². The maximum absolute atomic E-state index is 6.19. The first-order valence-electron chi connectivity index (χ1n) is 6.74. The van der Waals surface area contributed by atoms with Gasteiger partial charge in [0.05, 0.1) is 0 Å². The second kappa shape index (κ2) is 6.42. The largest absolute Gasteiger partial charge is 0.327 e. The zero-order valence-electron chi connectivity index (χ0n) is 10.4. The standard InChI is InChI=1S/C15H22ClN/c16-15-8-4-3-7-13(15)11-14(17)10-9-12-5-1-2-6-12/h3-4,7-8,12,14H,1-2,5-6,9-11,17H2. The molecule has 17 heavy (non-hydrogen) atoms. The van der Waals surface area contributed by atoms with Crippen LogP contribution in [0.2, 0.25) is 5.02 Å². The summed E-state index contributed by atoms with van der Waals surface area (Å²) in [4.78, 5) is 0. The topological polar surface area (TPSA) is 26.0 Å². The molecule has 94 valence electrons. The van der Waals surface area contributed by atoms with E-state index in [1.165, 1.54) is 37.7 Å². The fourth-order valence-electron chi connectivity index (χ4n) is 2.80. The number of hydrogen-bond acceptors (Lipinski definition) is 1. The lowest BCUT2D eigenvalue weighted by molar-refractivity contribution is 0.447. The summed E-state index contributed by atoms with van der Waals surface area (Å²) in [6, 6.07) is 8.29. The number of rotatable bonds is 5. The third-order valence-corrected chi connectivity index (χ3v) is 4.23. The van der Waals surface area contributed by atoms with Crippen LogP contribution in [-0.4, -0.2) is 6.04 Å². The number of benzene rings is 1.